The molecule has 7 nitrogen and oxygen atoms in total. The number of fused-ring (bicyclic) bond motifs is 1. The number of nitrogens with zero attached hydrogens (tertiary/aromatic N) is 3. The highest BCUT2D eigenvalue weighted by atomic mass is 32.2. The van der Waals surface area contributed by atoms with E-state index < -0.39 is 32.9 Å². The van der Waals surface area contributed by atoms with Gasteiger partial charge in [-0.15, -0.1) is 0 Å². The summed E-state index contributed by atoms with van der Waals surface area (Å²) in [6.07, 6.45) is 2.87. The fraction of sp³-hybridized carbons (Fsp3) is 0.500. The summed E-state index contributed by atoms with van der Waals surface area (Å²) in [6.45, 7) is 0.529. The lowest BCUT2D eigenvalue weighted by Crippen LogP contribution is -2.46. The lowest BCUT2D eigenvalue weighted by atomic mass is 9.98. The van der Waals surface area contributed by atoms with E-state index in [9.17, 15) is 17.0 Å². The van der Waals surface area contributed by atoms with E-state index in [0.29, 0.717) is 30.4 Å². The van der Waals surface area contributed by atoms with Gasteiger partial charge in [0.15, 0.2) is 5.16 Å². The van der Waals surface area contributed by atoms with Crippen molar-refractivity contribution in [2.24, 2.45) is 13.0 Å². The zero-order valence-corrected chi connectivity index (χ0v) is 17.1. The van der Waals surface area contributed by atoms with Crippen molar-refractivity contribution in [3.63, 3.8) is 0 Å². The second-order valence-corrected chi connectivity index (χ2v) is 10.5. The zero-order valence-electron chi connectivity index (χ0n) is 15.5. The monoisotopic (exact) mass is 427 g/mol. The maximum atomic E-state index is 14.8. The van der Waals surface area contributed by atoms with Gasteiger partial charge < -0.3 is 9.30 Å². The van der Waals surface area contributed by atoms with E-state index in [2.05, 4.69) is 4.98 Å². The molecule has 0 amide bonds. The Morgan fingerprint density at radius 1 is 1.39 bits per heavy atom. The third-order valence-electron chi connectivity index (χ3n) is 5.28. The molecule has 2 aliphatic heterocycles. The minimum atomic E-state index is -3.77. The van der Waals surface area contributed by atoms with Crippen LogP contribution in [-0.2, 0) is 34.3 Å². The minimum absolute atomic E-state index is 0.135. The normalized spacial score (nSPS) is 23.9. The van der Waals surface area contributed by atoms with Gasteiger partial charge in [-0.05, 0) is 30.2 Å². The molecule has 3 heterocycles. The third-order valence-corrected chi connectivity index (χ3v) is 8.68. The second-order valence-electron chi connectivity index (χ2n) is 7.13. The number of imidazole rings is 1. The van der Waals surface area contributed by atoms with Crippen molar-refractivity contribution >= 4 is 20.8 Å². The SMILES string of the molecule is Cn1ccnc1S(=O)C[C@@H]1CCN(S(=O)(=O)c2ccc3c(c2)CCO3)C[C@H]1F. The van der Waals surface area contributed by atoms with Gasteiger partial charge in [-0.3, -0.25) is 4.21 Å². The molecule has 0 spiro atoms. The molecule has 0 radical (unpaired) electrons. The van der Waals surface area contributed by atoms with Crippen LogP contribution in [-0.4, -0.2) is 58.1 Å². The van der Waals surface area contributed by atoms with Crippen LogP contribution in [0.2, 0.25) is 0 Å². The van der Waals surface area contributed by atoms with E-state index in [1.807, 2.05) is 0 Å². The average molecular weight is 428 g/mol. The summed E-state index contributed by atoms with van der Waals surface area (Å²) in [7, 11) is -3.45. The maximum Gasteiger partial charge on any atom is 0.243 e. The number of halogens is 1. The van der Waals surface area contributed by atoms with Gasteiger partial charge in [0, 0.05) is 50.6 Å². The number of alkyl halides is 1. The Morgan fingerprint density at radius 2 is 2.21 bits per heavy atom. The van der Waals surface area contributed by atoms with Gasteiger partial charge in [0.2, 0.25) is 10.0 Å². The molecule has 1 aromatic heterocycles. The summed E-state index contributed by atoms with van der Waals surface area (Å²) in [5, 5.41) is 0.405. The highest BCUT2D eigenvalue weighted by molar-refractivity contribution is 7.89. The van der Waals surface area contributed by atoms with E-state index in [1.165, 1.54) is 10.4 Å². The molecule has 4 rings (SSSR count). The summed E-state index contributed by atoms with van der Waals surface area (Å²) in [4.78, 5) is 4.22. The van der Waals surface area contributed by atoms with Crippen LogP contribution in [0.1, 0.15) is 12.0 Å². The van der Waals surface area contributed by atoms with Gasteiger partial charge in [-0.2, -0.15) is 4.31 Å². The van der Waals surface area contributed by atoms with E-state index in [0.717, 1.165) is 5.56 Å². The van der Waals surface area contributed by atoms with Gasteiger partial charge in [0.25, 0.3) is 0 Å². The van der Waals surface area contributed by atoms with E-state index >= 15 is 0 Å². The van der Waals surface area contributed by atoms with Crippen molar-refractivity contribution in [3.05, 3.63) is 36.2 Å². The van der Waals surface area contributed by atoms with Gasteiger partial charge >= 0.3 is 0 Å². The molecule has 3 atom stereocenters. The van der Waals surface area contributed by atoms with Crippen LogP contribution < -0.4 is 4.74 Å². The Labute approximate surface area is 166 Å². The first-order chi connectivity index (χ1) is 13.4. The van der Waals surface area contributed by atoms with E-state index in [1.54, 1.807) is 36.1 Å². The van der Waals surface area contributed by atoms with Gasteiger partial charge in [0.1, 0.15) is 11.9 Å². The predicted octanol–water partition coefficient (Wildman–Crippen LogP) is 1.51. The first-order valence-corrected chi connectivity index (χ1v) is 11.9. The van der Waals surface area contributed by atoms with Crippen LogP contribution >= 0.6 is 0 Å². The smallest absolute Gasteiger partial charge is 0.243 e. The number of hydrogen-bond acceptors (Lipinski definition) is 5. The number of ether oxygens (including phenoxy) is 1. The van der Waals surface area contributed by atoms with Gasteiger partial charge in [0.05, 0.1) is 22.3 Å². The Hall–Kier alpha value is -1.78. The summed E-state index contributed by atoms with van der Waals surface area (Å²) in [5.41, 5.74) is 0.859. The Balaban J connectivity index is 1.45. The molecule has 1 fully saturated rings. The predicted molar refractivity (Wildman–Crippen MR) is 102 cm³/mol. The molecule has 2 aliphatic rings. The molecule has 0 aliphatic carbocycles. The molecule has 10 heteroatoms. The van der Waals surface area contributed by atoms with Crippen molar-refractivity contribution in [2.75, 3.05) is 25.4 Å². The number of rotatable bonds is 5. The van der Waals surface area contributed by atoms with Crippen molar-refractivity contribution in [2.45, 2.75) is 29.1 Å². The highest BCUT2D eigenvalue weighted by Crippen LogP contribution is 2.31. The Kier molecular flexibility index (Phi) is 5.28. The molecule has 1 aromatic carbocycles. The molecular formula is C18H22FN3O4S2. The summed E-state index contributed by atoms with van der Waals surface area (Å²) < 4.78 is 61.4. The molecule has 28 heavy (non-hydrogen) atoms. The fourth-order valence-corrected chi connectivity index (χ4v) is 6.63. The van der Waals surface area contributed by atoms with Crippen LogP contribution in [0.15, 0.2) is 40.6 Å². The second kappa shape index (κ2) is 7.57. The molecule has 1 unspecified atom stereocenters. The van der Waals surface area contributed by atoms with Crippen LogP contribution in [0.25, 0.3) is 0 Å². The van der Waals surface area contributed by atoms with E-state index in [-0.39, 0.29) is 23.7 Å². The lowest BCUT2D eigenvalue weighted by molar-refractivity contribution is 0.146. The average Bonchev–Trinajstić information content (AvgIpc) is 3.31. The Bertz CT molecular complexity index is 1010. The third kappa shape index (κ3) is 3.60. The minimum Gasteiger partial charge on any atom is -0.493 e. The largest absolute Gasteiger partial charge is 0.493 e. The molecular weight excluding hydrogens is 405 g/mol. The van der Waals surface area contributed by atoms with Gasteiger partial charge in [-0.1, -0.05) is 0 Å². The number of piperidine rings is 1. The molecule has 1 saturated heterocycles. The zero-order chi connectivity index (χ0) is 19.9. The number of benzene rings is 1. The molecule has 0 bridgehead atoms. The number of sulfonamides is 1. The summed E-state index contributed by atoms with van der Waals surface area (Å²) >= 11 is 0. The van der Waals surface area contributed by atoms with Crippen molar-refractivity contribution in [1.82, 2.24) is 13.9 Å². The standard InChI is InChI=1S/C18H22FN3O4S2/c1-21-8-6-20-18(21)27(23)12-14-4-7-22(11-16(14)19)28(24,25)15-2-3-17-13(10-15)5-9-26-17/h2-3,6,8,10,14,16H,4-5,7,9,11-12H2,1H3/t14-,16+,27?/m0/s1. The fourth-order valence-electron chi connectivity index (χ4n) is 3.64. The topological polar surface area (TPSA) is 81.5 Å². The van der Waals surface area contributed by atoms with E-state index in [4.69, 9.17) is 4.74 Å². The Morgan fingerprint density at radius 3 is 2.93 bits per heavy atom. The number of aryl methyl sites for hydroxylation is 1. The lowest BCUT2D eigenvalue weighted by Gasteiger charge is -2.33. The highest BCUT2D eigenvalue weighted by Gasteiger charge is 2.37. The molecule has 2 aromatic rings. The van der Waals surface area contributed by atoms with Crippen LogP contribution in [0.5, 0.6) is 5.75 Å². The van der Waals surface area contributed by atoms with Crippen molar-refractivity contribution in [3.8, 4) is 5.75 Å². The molecule has 0 N–H and O–H groups in total. The summed E-state index contributed by atoms with van der Waals surface area (Å²) in [6, 6.07) is 4.78. The molecule has 0 saturated carbocycles. The quantitative estimate of drug-likeness (QED) is 0.723. The first-order valence-electron chi connectivity index (χ1n) is 9.12. The molecule has 152 valence electrons. The summed E-state index contributed by atoms with van der Waals surface area (Å²) in [5.74, 6) is 0.381. The van der Waals surface area contributed by atoms with Gasteiger partial charge in [-0.25, -0.2) is 17.8 Å². The van der Waals surface area contributed by atoms with Crippen LogP contribution in [0.4, 0.5) is 4.39 Å². The van der Waals surface area contributed by atoms with Crippen molar-refractivity contribution in [1.29, 1.82) is 0 Å². The van der Waals surface area contributed by atoms with Crippen LogP contribution in [0, 0.1) is 5.92 Å². The first kappa shape index (κ1) is 19.5. The number of hydrogen-bond donors (Lipinski definition) is 0. The van der Waals surface area contributed by atoms with Crippen LogP contribution in [0.3, 0.4) is 0 Å². The number of aromatic nitrogens is 2. The van der Waals surface area contributed by atoms with Crippen molar-refractivity contribution < 1.29 is 21.8 Å². The maximum absolute atomic E-state index is 14.8.